The highest BCUT2D eigenvalue weighted by atomic mass is 16.5. The van der Waals surface area contributed by atoms with Crippen molar-refractivity contribution in [1.29, 1.82) is 0 Å². The number of carbonyl (C=O) groups is 2. The second kappa shape index (κ2) is 13.6. The van der Waals surface area contributed by atoms with Crippen LogP contribution in [0.1, 0.15) is 65.8 Å². The number of anilines is 1. The Balaban J connectivity index is 1.07. The average molecular weight is 619 g/mol. The molecule has 45 heavy (non-hydrogen) atoms. The summed E-state index contributed by atoms with van der Waals surface area (Å²) in [5.41, 5.74) is 4.36. The topological polar surface area (TPSA) is 142 Å². The van der Waals surface area contributed by atoms with Gasteiger partial charge in [-0.25, -0.2) is 4.79 Å². The van der Waals surface area contributed by atoms with Gasteiger partial charge in [0, 0.05) is 48.6 Å². The number of rotatable bonds is 13. The Hall–Kier alpha value is -4.00. The third kappa shape index (κ3) is 7.13. The van der Waals surface area contributed by atoms with Gasteiger partial charge in [0.1, 0.15) is 5.75 Å². The number of aromatic nitrogens is 2. The molecule has 3 N–H and O–H groups in total. The molecule has 240 valence electrons. The molecule has 1 spiro atoms. The van der Waals surface area contributed by atoms with Gasteiger partial charge in [0.2, 0.25) is 0 Å². The molecule has 3 fully saturated rings. The monoisotopic (exact) mass is 618 g/mol. The van der Waals surface area contributed by atoms with Gasteiger partial charge < -0.3 is 29.7 Å². The van der Waals surface area contributed by atoms with E-state index in [1.807, 2.05) is 26.0 Å². The lowest BCUT2D eigenvalue weighted by atomic mass is 9.88. The molecule has 3 amide bonds. The Morgan fingerprint density at radius 3 is 2.62 bits per heavy atom. The number of nitrogens with zero attached hydrogens (tertiary/aromatic N) is 4. The van der Waals surface area contributed by atoms with Gasteiger partial charge in [-0.1, -0.05) is 5.16 Å². The number of aliphatic hydroxyl groups excluding tert-OH is 1. The number of aryl methyl sites for hydroxylation is 1. The molecule has 12 nitrogen and oxygen atoms in total. The van der Waals surface area contributed by atoms with E-state index in [0.717, 1.165) is 67.9 Å². The van der Waals surface area contributed by atoms with Gasteiger partial charge in [-0.3, -0.25) is 14.6 Å². The van der Waals surface area contributed by atoms with Gasteiger partial charge >= 0.3 is 6.03 Å². The van der Waals surface area contributed by atoms with E-state index < -0.39 is 0 Å². The van der Waals surface area contributed by atoms with E-state index in [1.165, 1.54) is 5.56 Å². The highest BCUT2D eigenvalue weighted by Crippen LogP contribution is 2.46. The van der Waals surface area contributed by atoms with E-state index >= 15 is 0 Å². The third-order valence-electron chi connectivity index (χ3n) is 8.80. The van der Waals surface area contributed by atoms with Gasteiger partial charge in [0.25, 0.3) is 11.8 Å². The zero-order valence-corrected chi connectivity index (χ0v) is 26.0. The third-order valence-corrected chi connectivity index (χ3v) is 8.80. The van der Waals surface area contributed by atoms with Gasteiger partial charge in [0.05, 0.1) is 38.5 Å². The lowest BCUT2D eigenvalue weighted by Gasteiger charge is -2.39. The first-order chi connectivity index (χ1) is 21.9. The van der Waals surface area contributed by atoms with Crippen LogP contribution in [-0.4, -0.2) is 90.2 Å². The van der Waals surface area contributed by atoms with E-state index in [0.29, 0.717) is 49.5 Å². The summed E-state index contributed by atoms with van der Waals surface area (Å²) in [5.74, 6) is 2.31. The number of piperidine rings is 1. The second-order valence-electron chi connectivity index (χ2n) is 12.1. The molecule has 0 atom stereocenters. The van der Waals surface area contributed by atoms with E-state index in [1.54, 1.807) is 17.0 Å². The summed E-state index contributed by atoms with van der Waals surface area (Å²) in [6.07, 6.45) is 4.00. The molecule has 3 aliphatic rings. The highest BCUT2D eigenvalue weighted by molar-refractivity contribution is 5.97. The molecular formula is C33H42N6O6. The first-order valence-corrected chi connectivity index (χ1v) is 15.9. The number of benzene rings is 2. The molecule has 0 radical (unpaired) electrons. The van der Waals surface area contributed by atoms with Crippen LogP contribution in [0.25, 0.3) is 11.5 Å². The van der Waals surface area contributed by atoms with Crippen molar-refractivity contribution in [2.75, 3.05) is 57.5 Å². The summed E-state index contributed by atoms with van der Waals surface area (Å²) in [4.78, 5) is 34.2. The molecule has 2 aliphatic heterocycles. The fraction of sp³-hybridized carbons (Fsp3) is 0.515. The number of hydrogen-bond donors (Lipinski definition) is 3. The molecule has 2 saturated heterocycles. The molecule has 2 aromatic carbocycles. The van der Waals surface area contributed by atoms with Crippen LogP contribution in [0, 0.1) is 6.92 Å². The zero-order valence-electron chi connectivity index (χ0n) is 26.0. The zero-order chi connectivity index (χ0) is 31.4. The molecule has 1 aromatic heterocycles. The summed E-state index contributed by atoms with van der Waals surface area (Å²) in [6.45, 7) is 8.33. The lowest BCUT2D eigenvalue weighted by molar-refractivity contribution is 0.0838. The van der Waals surface area contributed by atoms with Crippen molar-refractivity contribution in [3.63, 3.8) is 0 Å². The molecule has 0 unspecified atom stereocenters. The Kier molecular flexibility index (Phi) is 9.34. The maximum atomic E-state index is 13.1. The van der Waals surface area contributed by atoms with Gasteiger partial charge in [-0.05, 0) is 87.4 Å². The van der Waals surface area contributed by atoms with Crippen molar-refractivity contribution in [2.45, 2.75) is 57.5 Å². The minimum Gasteiger partial charge on any atom is -0.494 e. The standard InChI is InChI=1S/C33H42N6O6/c1-3-44-29-19-28(31-35-22(2)37-45-31)27(23-4-5-23)18-25(29)20-38-13-10-33(11-14-38)21-39(32(42)36-33)26-8-6-24(7-9-26)30(41)34-12-16-43-17-15-40/h6-9,18-19,23,40H,3-5,10-17,20-21H2,1-2H3,(H,34,41)(H,36,42). The molecule has 3 heterocycles. The Morgan fingerprint density at radius 1 is 1.18 bits per heavy atom. The summed E-state index contributed by atoms with van der Waals surface area (Å²) >= 11 is 0. The molecule has 1 aliphatic carbocycles. The van der Waals surface area contributed by atoms with Crippen LogP contribution in [0.3, 0.4) is 0 Å². The molecular weight excluding hydrogens is 576 g/mol. The minimum atomic E-state index is -0.292. The predicted octanol–water partition coefficient (Wildman–Crippen LogP) is 3.62. The molecule has 6 rings (SSSR count). The fourth-order valence-electron chi connectivity index (χ4n) is 6.26. The lowest BCUT2D eigenvalue weighted by Crippen LogP contribution is -2.52. The SMILES string of the molecule is CCOc1cc(-c2nc(C)no2)c(C2CC2)cc1CN1CCC2(CC1)CN(c1ccc(C(=O)NCCOCCO)cc1)C(=O)N2. The predicted molar refractivity (Wildman–Crippen MR) is 167 cm³/mol. The fourth-order valence-corrected chi connectivity index (χ4v) is 6.26. The van der Waals surface area contributed by atoms with Gasteiger partial charge in [0.15, 0.2) is 5.82 Å². The maximum Gasteiger partial charge on any atom is 0.322 e. The van der Waals surface area contributed by atoms with Gasteiger partial charge in [-0.15, -0.1) is 0 Å². The Morgan fingerprint density at radius 2 is 1.96 bits per heavy atom. The van der Waals surface area contributed by atoms with Crippen LogP contribution in [-0.2, 0) is 11.3 Å². The van der Waals surface area contributed by atoms with Crippen molar-refractivity contribution < 1.29 is 28.7 Å². The summed E-state index contributed by atoms with van der Waals surface area (Å²) in [5, 5.41) is 18.8. The number of amides is 3. The number of urea groups is 1. The summed E-state index contributed by atoms with van der Waals surface area (Å²) < 4.78 is 16.8. The van der Waals surface area contributed by atoms with Crippen molar-refractivity contribution in [1.82, 2.24) is 25.7 Å². The Labute approximate surface area is 263 Å². The van der Waals surface area contributed by atoms with Crippen LogP contribution < -0.4 is 20.3 Å². The Bertz CT molecular complexity index is 1500. The van der Waals surface area contributed by atoms with Crippen LogP contribution >= 0.6 is 0 Å². The summed E-state index contributed by atoms with van der Waals surface area (Å²) in [6, 6.07) is 11.3. The van der Waals surface area contributed by atoms with Crippen molar-refractivity contribution >= 4 is 17.6 Å². The molecule has 0 bridgehead atoms. The first-order valence-electron chi connectivity index (χ1n) is 15.9. The first kappa shape index (κ1) is 31.0. The highest BCUT2D eigenvalue weighted by Gasteiger charge is 2.45. The number of aliphatic hydroxyl groups is 1. The van der Waals surface area contributed by atoms with Crippen molar-refractivity contribution in [2.24, 2.45) is 0 Å². The number of ether oxygens (including phenoxy) is 2. The summed E-state index contributed by atoms with van der Waals surface area (Å²) in [7, 11) is 0. The van der Waals surface area contributed by atoms with Crippen LogP contribution in [0.2, 0.25) is 0 Å². The van der Waals surface area contributed by atoms with E-state index in [-0.39, 0.29) is 30.7 Å². The molecule has 3 aromatic rings. The minimum absolute atomic E-state index is 0.0477. The number of likely N-dealkylation sites (tertiary alicyclic amines) is 1. The van der Waals surface area contributed by atoms with E-state index in [2.05, 4.69) is 37.8 Å². The molecule has 1 saturated carbocycles. The number of hydrogen-bond acceptors (Lipinski definition) is 9. The number of nitrogens with one attached hydrogen (secondary N) is 2. The van der Waals surface area contributed by atoms with Gasteiger partial charge in [-0.2, -0.15) is 4.98 Å². The normalized spacial score (nSPS) is 17.9. The van der Waals surface area contributed by atoms with E-state index in [9.17, 15) is 9.59 Å². The number of carbonyl (C=O) groups excluding carboxylic acids is 2. The van der Waals surface area contributed by atoms with E-state index in [4.69, 9.17) is 19.1 Å². The van der Waals surface area contributed by atoms with Crippen molar-refractivity contribution in [3.05, 3.63) is 58.9 Å². The maximum absolute atomic E-state index is 13.1. The molecule has 12 heteroatoms. The average Bonchev–Trinajstić information content (AvgIpc) is 3.72. The van der Waals surface area contributed by atoms with Crippen LogP contribution in [0.5, 0.6) is 5.75 Å². The smallest absolute Gasteiger partial charge is 0.322 e. The quantitative estimate of drug-likeness (QED) is 0.245. The second-order valence-corrected chi connectivity index (χ2v) is 12.1. The largest absolute Gasteiger partial charge is 0.494 e. The van der Waals surface area contributed by atoms with Crippen LogP contribution in [0.4, 0.5) is 10.5 Å². The van der Waals surface area contributed by atoms with Crippen LogP contribution in [0.15, 0.2) is 40.9 Å². The van der Waals surface area contributed by atoms with Crippen molar-refractivity contribution in [3.8, 4) is 17.2 Å².